The zero-order chi connectivity index (χ0) is 23.8. The van der Waals surface area contributed by atoms with Crippen LogP contribution in [0.2, 0.25) is 0 Å². The average molecular weight is 556 g/mol. The van der Waals surface area contributed by atoms with Gasteiger partial charge in [0.2, 0.25) is 0 Å². The minimum Gasteiger partial charge on any atom is -0.452 e. The van der Waals surface area contributed by atoms with Gasteiger partial charge >= 0.3 is 24.3 Å². The molecule has 0 spiro atoms. The Hall–Kier alpha value is -1.57. The molecule has 0 saturated heterocycles. The Morgan fingerprint density at radius 1 is 0.967 bits per heavy atom. The Labute approximate surface area is 181 Å². The molecule has 1 rings (SSSR count). The Kier molecular flexibility index (Phi) is 7.51. The van der Waals surface area contributed by atoms with Crippen LogP contribution in [0.5, 0.6) is 5.75 Å². The van der Waals surface area contributed by atoms with Gasteiger partial charge in [0.1, 0.15) is 9.17 Å². The van der Waals surface area contributed by atoms with Gasteiger partial charge in [0, 0.05) is 0 Å². The second-order valence-electron chi connectivity index (χ2n) is 7.07. The highest BCUT2D eigenvalue weighted by Crippen LogP contribution is 2.50. The quantitative estimate of drug-likeness (QED) is 0.176. The fraction of sp³-hybridized carbons (Fsp3) is 0.556. The van der Waals surface area contributed by atoms with E-state index in [9.17, 15) is 41.0 Å². The topological polar surface area (TPSA) is 72.8 Å². The Bertz CT molecular complexity index is 770. The van der Waals surface area contributed by atoms with Crippen molar-refractivity contribution in [2.45, 2.75) is 61.1 Å². The third kappa shape index (κ3) is 5.18. The lowest BCUT2D eigenvalue weighted by Gasteiger charge is -2.43. The molecule has 0 saturated carbocycles. The third-order valence-corrected chi connectivity index (χ3v) is 5.63. The van der Waals surface area contributed by atoms with Gasteiger partial charge in [0.15, 0.2) is 5.60 Å². The van der Waals surface area contributed by atoms with Gasteiger partial charge in [0.05, 0.1) is 5.56 Å². The number of esters is 2. The fourth-order valence-corrected chi connectivity index (χ4v) is 2.33. The van der Waals surface area contributed by atoms with Crippen LogP contribution in [0.25, 0.3) is 0 Å². The van der Waals surface area contributed by atoms with Gasteiger partial charge in [-0.1, -0.05) is 29.5 Å². The molecule has 0 amide bonds. The molecule has 5 nitrogen and oxygen atoms in total. The molecular formula is C18H19F6IO5. The lowest BCUT2D eigenvalue weighted by molar-refractivity contribution is -0.406. The van der Waals surface area contributed by atoms with Crippen LogP contribution in [-0.4, -0.2) is 44.0 Å². The van der Waals surface area contributed by atoms with E-state index in [2.05, 4.69) is 4.74 Å². The van der Waals surface area contributed by atoms with Crippen molar-refractivity contribution < 1.29 is 50.5 Å². The molecular weight excluding hydrogens is 537 g/mol. The monoisotopic (exact) mass is 556 g/mol. The number of benzene rings is 1. The fourth-order valence-electron chi connectivity index (χ4n) is 2.22. The summed E-state index contributed by atoms with van der Waals surface area (Å²) in [7, 11) is 0. The number of aliphatic hydroxyl groups is 1. The van der Waals surface area contributed by atoms with Crippen molar-refractivity contribution in [3.05, 3.63) is 29.8 Å². The summed E-state index contributed by atoms with van der Waals surface area (Å²) in [6.45, 7) is 3.99. The van der Waals surface area contributed by atoms with Crippen LogP contribution in [0.1, 0.15) is 44.5 Å². The summed E-state index contributed by atoms with van der Waals surface area (Å²) in [6.07, 6.45) is -11.9. The third-order valence-electron chi connectivity index (χ3n) is 4.43. The molecule has 1 unspecified atom stereocenters. The molecule has 170 valence electrons. The molecule has 0 fully saturated rings. The summed E-state index contributed by atoms with van der Waals surface area (Å²) < 4.78 is 86.9. The first-order chi connectivity index (χ1) is 13.3. The van der Waals surface area contributed by atoms with Crippen LogP contribution in [0.3, 0.4) is 0 Å². The summed E-state index contributed by atoms with van der Waals surface area (Å²) in [6, 6.07) is 4.25. The Morgan fingerprint density at radius 3 is 1.77 bits per heavy atom. The predicted octanol–water partition coefficient (Wildman–Crippen LogP) is 4.99. The molecule has 1 N–H and O–H groups in total. The lowest BCUT2D eigenvalue weighted by atomic mass is 9.84. The number of rotatable bonds is 6. The van der Waals surface area contributed by atoms with Crippen molar-refractivity contribution in [2.75, 3.05) is 0 Å². The summed E-state index contributed by atoms with van der Waals surface area (Å²) >= 11 is 1.89. The van der Waals surface area contributed by atoms with E-state index >= 15 is 0 Å². The van der Waals surface area contributed by atoms with Crippen molar-refractivity contribution in [3.8, 4) is 5.75 Å². The van der Waals surface area contributed by atoms with E-state index in [1.165, 1.54) is 0 Å². The smallest absolute Gasteiger partial charge is 0.430 e. The lowest BCUT2D eigenvalue weighted by Crippen LogP contribution is -2.69. The van der Waals surface area contributed by atoms with Gasteiger partial charge in [-0.3, -0.25) is 4.79 Å². The Balaban J connectivity index is 3.08. The zero-order valence-corrected chi connectivity index (χ0v) is 18.4. The van der Waals surface area contributed by atoms with E-state index in [1.807, 2.05) is 22.6 Å². The van der Waals surface area contributed by atoms with Gasteiger partial charge in [-0.05, 0) is 51.5 Å². The highest BCUT2D eigenvalue weighted by atomic mass is 127. The van der Waals surface area contributed by atoms with Gasteiger partial charge < -0.3 is 14.6 Å². The first-order valence-electron chi connectivity index (χ1n) is 8.40. The van der Waals surface area contributed by atoms with E-state index in [4.69, 9.17) is 4.74 Å². The minimum absolute atomic E-state index is 0.00855. The van der Waals surface area contributed by atoms with Gasteiger partial charge in [-0.25, -0.2) is 4.79 Å². The minimum atomic E-state index is -6.17. The predicted molar refractivity (Wildman–Crippen MR) is 101 cm³/mol. The largest absolute Gasteiger partial charge is 0.452 e. The van der Waals surface area contributed by atoms with Crippen LogP contribution >= 0.6 is 22.6 Å². The first-order valence-corrected chi connectivity index (χ1v) is 9.48. The highest BCUT2D eigenvalue weighted by Gasteiger charge is 2.78. The first kappa shape index (κ1) is 26.5. The molecule has 0 heterocycles. The number of carbonyl (C=O) groups is 2. The summed E-state index contributed by atoms with van der Waals surface area (Å²) in [5.41, 5.74) is -9.12. The van der Waals surface area contributed by atoms with Crippen LogP contribution in [0, 0.1) is 0 Å². The van der Waals surface area contributed by atoms with E-state index in [0.29, 0.717) is 20.3 Å². The number of hydrogen-bond acceptors (Lipinski definition) is 5. The number of alkyl halides is 7. The standard InChI is InChI=1S/C18H19F6IO5/c1-5-15(4,25)13(27)29-11-8-6-10(7-9-11)12(26)30-14(2,3)16(28,17(19,20)21)18(22,23)24/h6-9,28H,5H2,1-4H3. The van der Waals surface area contributed by atoms with Crippen LogP contribution < -0.4 is 4.74 Å². The maximum atomic E-state index is 13.0. The number of hydrogen-bond donors (Lipinski definition) is 1. The van der Waals surface area contributed by atoms with Crippen molar-refractivity contribution in [1.82, 2.24) is 0 Å². The number of halogens is 7. The number of ether oxygens (including phenoxy) is 2. The molecule has 0 radical (unpaired) electrons. The normalized spacial score (nSPS) is 15.3. The molecule has 30 heavy (non-hydrogen) atoms. The second-order valence-corrected chi connectivity index (χ2v) is 9.45. The average Bonchev–Trinajstić information content (AvgIpc) is 2.58. The molecule has 1 aromatic carbocycles. The van der Waals surface area contributed by atoms with Crippen molar-refractivity contribution >= 4 is 34.5 Å². The molecule has 0 aromatic heterocycles. The molecule has 1 atom stereocenters. The van der Waals surface area contributed by atoms with Gasteiger partial charge in [-0.15, -0.1) is 0 Å². The van der Waals surface area contributed by atoms with E-state index in [1.54, 1.807) is 13.8 Å². The highest BCUT2D eigenvalue weighted by molar-refractivity contribution is 14.1. The number of carbonyl (C=O) groups excluding carboxylic acids is 2. The molecule has 0 aliphatic rings. The van der Waals surface area contributed by atoms with Gasteiger partial charge in [-0.2, -0.15) is 26.3 Å². The van der Waals surface area contributed by atoms with Crippen molar-refractivity contribution in [2.24, 2.45) is 0 Å². The van der Waals surface area contributed by atoms with Crippen LogP contribution in [0.15, 0.2) is 24.3 Å². The van der Waals surface area contributed by atoms with Gasteiger partial charge in [0.25, 0.3) is 5.60 Å². The van der Waals surface area contributed by atoms with E-state index in [0.717, 1.165) is 24.3 Å². The SMILES string of the molecule is CCC(C)(I)C(=O)Oc1ccc(C(=O)OC(C)(C)C(O)(C(F)(F)F)C(F)(F)F)cc1. The molecule has 0 aliphatic heterocycles. The summed E-state index contributed by atoms with van der Waals surface area (Å²) in [4.78, 5) is 24.1. The summed E-state index contributed by atoms with van der Waals surface area (Å²) in [5.74, 6) is -2.12. The molecule has 1 aromatic rings. The second kappa shape index (κ2) is 8.52. The maximum Gasteiger partial charge on any atom is 0.430 e. The molecule has 12 heteroatoms. The van der Waals surface area contributed by atoms with Crippen molar-refractivity contribution in [1.29, 1.82) is 0 Å². The van der Waals surface area contributed by atoms with Crippen LogP contribution in [0.4, 0.5) is 26.3 Å². The zero-order valence-electron chi connectivity index (χ0n) is 16.2. The Morgan fingerprint density at radius 2 is 1.40 bits per heavy atom. The van der Waals surface area contributed by atoms with Crippen LogP contribution in [-0.2, 0) is 9.53 Å². The summed E-state index contributed by atoms with van der Waals surface area (Å²) in [5, 5.41) is 9.47. The molecule has 0 aliphatic carbocycles. The van der Waals surface area contributed by atoms with E-state index in [-0.39, 0.29) is 5.75 Å². The maximum absolute atomic E-state index is 13.0. The van der Waals surface area contributed by atoms with Crippen molar-refractivity contribution in [3.63, 3.8) is 0 Å². The molecule has 0 bridgehead atoms. The van der Waals surface area contributed by atoms with E-state index < -0.39 is 44.5 Å².